The van der Waals surface area contributed by atoms with Gasteiger partial charge in [-0.2, -0.15) is 0 Å². The van der Waals surface area contributed by atoms with Crippen molar-refractivity contribution in [2.45, 2.75) is 6.92 Å². The van der Waals surface area contributed by atoms with Gasteiger partial charge in [-0.25, -0.2) is 15.0 Å². The van der Waals surface area contributed by atoms with E-state index in [4.69, 9.17) is 15.0 Å². The average Bonchev–Trinajstić information content (AvgIpc) is 3.94. The predicted octanol–water partition coefficient (Wildman–Crippen LogP) is 16.5. The Hall–Kier alpha value is -9.19. The van der Waals surface area contributed by atoms with Crippen molar-refractivity contribution in [1.82, 2.24) is 24.1 Å². The second kappa shape index (κ2) is 17.6. The van der Waals surface area contributed by atoms with Crippen molar-refractivity contribution in [1.29, 1.82) is 0 Å². The summed E-state index contributed by atoms with van der Waals surface area (Å²) in [7, 11) is 0. The zero-order chi connectivity index (χ0) is 46.3. The zero-order valence-corrected chi connectivity index (χ0v) is 38.0. The summed E-state index contributed by atoms with van der Waals surface area (Å²) >= 11 is 0. The third kappa shape index (κ3) is 7.43. The topological polar surface area (TPSA) is 48.5 Å². The lowest BCUT2D eigenvalue weighted by Gasteiger charge is -2.18. The van der Waals surface area contributed by atoms with E-state index < -0.39 is 0 Å². The van der Waals surface area contributed by atoms with Crippen molar-refractivity contribution in [2.75, 3.05) is 0 Å². The van der Waals surface area contributed by atoms with Gasteiger partial charge in [0.2, 0.25) is 0 Å². The molecule has 0 fully saturated rings. The first kappa shape index (κ1) is 41.3. The number of para-hydroxylation sites is 3. The van der Waals surface area contributed by atoms with Crippen LogP contribution >= 0.6 is 0 Å². The first-order chi connectivity index (χ1) is 34.1. The Morgan fingerprint density at radius 2 is 1.00 bits per heavy atom. The van der Waals surface area contributed by atoms with E-state index in [9.17, 15) is 0 Å². The monoisotopic (exact) mass is 883 g/mol. The summed E-state index contributed by atoms with van der Waals surface area (Å²) in [5.41, 5.74) is 17.1. The maximum absolute atomic E-state index is 5.50. The molecule has 0 unspecified atom stereocenters. The zero-order valence-electron chi connectivity index (χ0n) is 38.0. The molecule has 12 aromatic rings. The standard InChI is InChI=1S/C64H45N5/c1-3-4-9-22-43(2)54-42-57(46-27-14-7-15-28-46)67-64(66-54)53-39-47(48-40-55(44-23-10-5-11-24-44)65-56(41-48)45-25-12-6-13-26-45)35-37-60(53)69-58-33-20-18-31-50(58)51-36-38-61-62(63(51)69)52-32-19-21-34-59(52)68(61)49-29-16-8-17-30-49/h3-42H,1H2,2H3/b9-4-,43-22+. The maximum Gasteiger partial charge on any atom is 0.162 e. The van der Waals surface area contributed by atoms with Gasteiger partial charge in [0.05, 0.1) is 50.5 Å². The van der Waals surface area contributed by atoms with Gasteiger partial charge in [-0.05, 0) is 84.3 Å². The van der Waals surface area contributed by atoms with Crippen molar-refractivity contribution in [3.05, 3.63) is 255 Å². The molecule has 12 rings (SSSR count). The highest BCUT2D eigenvalue weighted by Gasteiger charge is 2.24. The summed E-state index contributed by atoms with van der Waals surface area (Å²) in [5, 5.41) is 4.70. The second-order valence-corrected chi connectivity index (χ2v) is 17.3. The van der Waals surface area contributed by atoms with Crippen LogP contribution in [0.1, 0.15) is 12.6 Å². The molecule has 0 aliphatic carbocycles. The van der Waals surface area contributed by atoms with Crippen LogP contribution in [0.15, 0.2) is 249 Å². The van der Waals surface area contributed by atoms with E-state index in [2.05, 4.69) is 229 Å². The third-order valence-corrected chi connectivity index (χ3v) is 13.1. The Morgan fingerprint density at radius 1 is 0.435 bits per heavy atom. The molecule has 0 amide bonds. The maximum atomic E-state index is 5.50. The number of pyridine rings is 1. The van der Waals surface area contributed by atoms with Gasteiger partial charge in [0.1, 0.15) is 0 Å². The quantitative estimate of drug-likeness (QED) is 0.129. The molecule has 0 atom stereocenters. The van der Waals surface area contributed by atoms with Crippen LogP contribution in [-0.2, 0) is 0 Å². The van der Waals surface area contributed by atoms with Crippen LogP contribution in [0.2, 0.25) is 0 Å². The Balaban J connectivity index is 1.20. The van der Waals surface area contributed by atoms with Gasteiger partial charge in [-0.15, -0.1) is 0 Å². The molecule has 5 nitrogen and oxygen atoms in total. The van der Waals surface area contributed by atoms with Crippen LogP contribution in [-0.4, -0.2) is 24.1 Å². The highest BCUT2D eigenvalue weighted by molar-refractivity contribution is 6.26. The van der Waals surface area contributed by atoms with Gasteiger partial charge >= 0.3 is 0 Å². The smallest absolute Gasteiger partial charge is 0.162 e. The molecule has 0 N–H and O–H groups in total. The lowest BCUT2D eigenvalue weighted by molar-refractivity contribution is 1.12. The summed E-state index contributed by atoms with van der Waals surface area (Å²) in [6.07, 6.45) is 7.81. The van der Waals surface area contributed by atoms with E-state index in [1.165, 1.54) is 21.5 Å². The average molecular weight is 884 g/mol. The lowest BCUT2D eigenvalue weighted by atomic mass is 9.97. The Morgan fingerprint density at radius 3 is 1.64 bits per heavy atom. The summed E-state index contributed by atoms with van der Waals surface area (Å²) in [6.45, 7) is 6.00. The van der Waals surface area contributed by atoms with E-state index in [1.807, 2.05) is 30.4 Å². The fraction of sp³-hybridized carbons (Fsp3) is 0.0156. The number of hydrogen-bond donors (Lipinski definition) is 0. The summed E-state index contributed by atoms with van der Waals surface area (Å²) < 4.78 is 4.85. The predicted molar refractivity (Wildman–Crippen MR) is 289 cm³/mol. The Labute approximate surface area is 401 Å². The number of aromatic nitrogens is 5. The van der Waals surface area contributed by atoms with Crippen LogP contribution in [0, 0.1) is 0 Å². The van der Waals surface area contributed by atoms with E-state index >= 15 is 0 Å². The van der Waals surface area contributed by atoms with Gasteiger partial charge in [0.15, 0.2) is 5.82 Å². The van der Waals surface area contributed by atoms with Crippen LogP contribution in [0.5, 0.6) is 0 Å². The minimum absolute atomic E-state index is 0.620. The van der Waals surface area contributed by atoms with Crippen molar-refractivity contribution < 1.29 is 0 Å². The van der Waals surface area contributed by atoms with Crippen LogP contribution in [0.3, 0.4) is 0 Å². The van der Waals surface area contributed by atoms with Gasteiger partial charge in [-0.1, -0.05) is 189 Å². The molecule has 4 aromatic heterocycles. The molecule has 0 saturated heterocycles. The number of nitrogens with zero attached hydrogens (tertiary/aromatic N) is 5. The lowest BCUT2D eigenvalue weighted by Crippen LogP contribution is -2.03. The molecule has 0 aliphatic heterocycles. The summed E-state index contributed by atoms with van der Waals surface area (Å²) in [6, 6.07) is 77.3. The highest BCUT2D eigenvalue weighted by Crippen LogP contribution is 2.44. The van der Waals surface area contributed by atoms with Crippen molar-refractivity contribution in [3.63, 3.8) is 0 Å². The van der Waals surface area contributed by atoms with Crippen LogP contribution < -0.4 is 0 Å². The van der Waals surface area contributed by atoms with Gasteiger partial charge < -0.3 is 9.13 Å². The molecule has 69 heavy (non-hydrogen) atoms. The molecule has 5 heteroatoms. The molecule has 0 spiro atoms. The van der Waals surface area contributed by atoms with Gasteiger partial charge in [0, 0.05) is 49.5 Å². The third-order valence-electron chi connectivity index (χ3n) is 13.1. The SMILES string of the molecule is C=C/C=C\C=C(/C)c1cc(-c2ccccc2)nc(-c2cc(-c3cc(-c4ccccc4)nc(-c4ccccc4)c3)ccc2-n2c3ccccc3c3ccc4c(c5ccccc5n4-c4ccccc4)c32)n1. The number of fused-ring (bicyclic) bond motifs is 7. The minimum atomic E-state index is 0.620. The number of allylic oxidation sites excluding steroid dienone is 5. The summed E-state index contributed by atoms with van der Waals surface area (Å²) in [4.78, 5) is 16.2. The number of benzene rings is 8. The molecule has 4 heterocycles. The largest absolute Gasteiger partial charge is 0.309 e. The molecular weight excluding hydrogens is 839 g/mol. The molecule has 326 valence electrons. The fourth-order valence-electron chi connectivity index (χ4n) is 9.80. The van der Waals surface area contributed by atoms with E-state index in [0.717, 1.165) is 95.2 Å². The highest BCUT2D eigenvalue weighted by atomic mass is 15.0. The molecule has 0 bridgehead atoms. The number of hydrogen-bond acceptors (Lipinski definition) is 3. The molecular formula is C64H45N5. The molecule has 0 radical (unpaired) electrons. The molecule has 0 aliphatic rings. The second-order valence-electron chi connectivity index (χ2n) is 17.3. The first-order valence-electron chi connectivity index (χ1n) is 23.3. The first-order valence-corrected chi connectivity index (χ1v) is 23.3. The van der Waals surface area contributed by atoms with Crippen LogP contribution in [0.25, 0.3) is 117 Å². The Kier molecular flexibility index (Phi) is 10.5. The van der Waals surface area contributed by atoms with Crippen molar-refractivity contribution in [3.8, 4) is 67.7 Å². The summed E-state index contributed by atoms with van der Waals surface area (Å²) in [5.74, 6) is 0.620. The number of rotatable bonds is 10. The molecule has 0 saturated carbocycles. The van der Waals surface area contributed by atoms with Crippen LogP contribution in [0.4, 0.5) is 0 Å². The van der Waals surface area contributed by atoms with Gasteiger partial charge in [0.25, 0.3) is 0 Å². The fourth-order valence-corrected chi connectivity index (χ4v) is 9.80. The molecule has 8 aromatic carbocycles. The van der Waals surface area contributed by atoms with E-state index in [-0.39, 0.29) is 0 Å². The minimum Gasteiger partial charge on any atom is -0.309 e. The van der Waals surface area contributed by atoms with Crippen molar-refractivity contribution in [2.24, 2.45) is 0 Å². The normalized spacial score (nSPS) is 11.9. The Bertz CT molecular complexity index is 3900. The van der Waals surface area contributed by atoms with E-state index in [1.54, 1.807) is 6.08 Å². The van der Waals surface area contributed by atoms with Crippen molar-refractivity contribution >= 4 is 49.2 Å². The van der Waals surface area contributed by atoms with E-state index in [0.29, 0.717) is 5.82 Å². The van der Waals surface area contributed by atoms with Gasteiger partial charge in [-0.3, -0.25) is 0 Å².